The normalized spacial score (nSPS) is 14.7. The second-order valence-electron chi connectivity index (χ2n) is 9.63. The topological polar surface area (TPSA) is 88.4 Å². The van der Waals surface area contributed by atoms with Crippen LogP contribution < -0.4 is 10.6 Å². The van der Waals surface area contributed by atoms with Gasteiger partial charge in [-0.05, 0) is 65.7 Å². The highest BCUT2D eigenvalue weighted by molar-refractivity contribution is 6.09. The van der Waals surface area contributed by atoms with Crippen LogP contribution in [0.4, 0.5) is 36.4 Å². The van der Waals surface area contributed by atoms with E-state index in [9.17, 15) is 40.3 Å². The fourth-order valence-electron chi connectivity index (χ4n) is 5.00. The van der Waals surface area contributed by atoms with Gasteiger partial charge < -0.3 is 10.6 Å². The van der Waals surface area contributed by atoms with Crippen molar-refractivity contribution in [1.29, 1.82) is 0 Å². The summed E-state index contributed by atoms with van der Waals surface area (Å²) in [6, 6.07) is 8.45. The number of fused-ring (bicyclic) bond motifs is 2. The van der Waals surface area contributed by atoms with E-state index in [0.717, 1.165) is 18.2 Å². The van der Waals surface area contributed by atoms with Crippen molar-refractivity contribution in [3.8, 4) is 11.1 Å². The van der Waals surface area contributed by atoms with Gasteiger partial charge in [-0.3, -0.25) is 9.59 Å². The van der Waals surface area contributed by atoms with Crippen LogP contribution in [0.5, 0.6) is 0 Å². The Bertz CT molecular complexity index is 1940. The van der Waals surface area contributed by atoms with E-state index in [-0.39, 0.29) is 28.4 Å². The zero-order valence-electron chi connectivity index (χ0n) is 21.4. The van der Waals surface area contributed by atoms with Gasteiger partial charge in [-0.15, -0.1) is 0 Å². The van der Waals surface area contributed by atoms with E-state index in [1.165, 1.54) is 23.0 Å². The number of alkyl halides is 5. The molecule has 6 rings (SSSR count). The van der Waals surface area contributed by atoms with Gasteiger partial charge in [-0.2, -0.15) is 18.3 Å². The van der Waals surface area contributed by atoms with E-state index < -0.39 is 58.8 Å². The molecule has 43 heavy (non-hydrogen) atoms. The Labute approximate surface area is 237 Å². The predicted molar refractivity (Wildman–Crippen MR) is 138 cm³/mol. The van der Waals surface area contributed by atoms with Gasteiger partial charge in [0.05, 0.1) is 11.6 Å². The van der Waals surface area contributed by atoms with E-state index >= 15 is 0 Å². The standard InChI is InChI=1S/C29H16F7N5O2/c30-17-2-3-19(26(32)33)20(10-17)25-24-21(28(43)40-25)7-14(13-1-4-23-37-12-38-41(23)11-13)8-22(24)39-27(42)15-5-16(29(34,35)36)9-18(31)6-15/h1-12,25-26H,(H,39,42)(H,40,43)/t25-/m0/s1. The lowest BCUT2D eigenvalue weighted by molar-refractivity contribution is -0.137. The van der Waals surface area contributed by atoms with Gasteiger partial charge in [0.15, 0.2) is 5.65 Å². The summed E-state index contributed by atoms with van der Waals surface area (Å²) in [6.45, 7) is 0. The zero-order chi connectivity index (χ0) is 30.6. The molecule has 3 aromatic carbocycles. The molecule has 0 fully saturated rings. The monoisotopic (exact) mass is 599 g/mol. The van der Waals surface area contributed by atoms with Crippen molar-refractivity contribution in [2.24, 2.45) is 0 Å². The Kier molecular flexibility index (Phi) is 6.63. The minimum atomic E-state index is -4.96. The number of pyridine rings is 1. The smallest absolute Gasteiger partial charge is 0.341 e. The molecule has 0 bridgehead atoms. The van der Waals surface area contributed by atoms with Crippen molar-refractivity contribution in [2.45, 2.75) is 18.6 Å². The number of carbonyl (C=O) groups excluding carboxylic acids is 2. The Morgan fingerprint density at radius 2 is 1.74 bits per heavy atom. The maximum Gasteiger partial charge on any atom is 0.416 e. The molecule has 14 heteroatoms. The van der Waals surface area contributed by atoms with E-state index in [0.29, 0.717) is 28.9 Å². The van der Waals surface area contributed by atoms with Crippen molar-refractivity contribution < 1.29 is 40.3 Å². The van der Waals surface area contributed by atoms with Gasteiger partial charge in [0, 0.05) is 39.7 Å². The van der Waals surface area contributed by atoms with Crippen LogP contribution in [0, 0.1) is 11.6 Å². The highest BCUT2D eigenvalue weighted by Gasteiger charge is 2.37. The highest BCUT2D eigenvalue weighted by Crippen LogP contribution is 2.42. The fourth-order valence-corrected chi connectivity index (χ4v) is 5.00. The Hall–Kier alpha value is -5.27. The first-order valence-electron chi connectivity index (χ1n) is 12.4. The molecule has 1 aliphatic heterocycles. The molecule has 2 amide bonds. The number of hydrogen-bond donors (Lipinski definition) is 2. The van der Waals surface area contributed by atoms with E-state index in [2.05, 4.69) is 20.7 Å². The SMILES string of the molecule is O=C(Nc1cc(-c2ccc3ncnn3c2)cc2c1[C@H](c1cc(F)ccc1C(F)F)NC2=O)c1cc(F)cc(C(F)(F)F)c1. The van der Waals surface area contributed by atoms with Crippen molar-refractivity contribution in [1.82, 2.24) is 19.9 Å². The quantitative estimate of drug-likeness (QED) is 0.220. The number of rotatable bonds is 5. The zero-order valence-corrected chi connectivity index (χ0v) is 21.4. The van der Waals surface area contributed by atoms with Gasteiger partial charge >= 0.3 is 6.18 Å². The molecule has 0 saturated heterocycles. The van der Waals surface area contributed by atoms with Crippen molar-refractivity contribution >= 4 is 23.1 Å². The number of halogens is 7. The lowest BCUT2D eigenvalue weighted by Gasteiger charge is -2.20. The van der Waals surface area contributed by atoms with Crippen molar-refractivity contribution in [3.05, 3.63) is 118 Å². The van der Waals surface area contributed by atoms with E-state index in [4.69, 9.17) is 0 Å². The van der Waals surface area contributed by atoms with E-state index in [1.807, 2.05) is 0 Å². The average Bonchev–Trinajstić information content (AvgIpc) is 3.56. The third-order valence-electron chi connectivity index (χ3n) is 6.93. The summed E-state index contributed by atoms with van der Waals surface area (Å²) >= 11 is 0. The second kappa shape index (κ2) is 10.2. The summed E-state index contributed by atoms with van der Waals surface area (Å²) < 4.78 is 97.6. The summed E-state index contributed by atoms with van der Waals surface area (Å²) in [6.07, 6.45) is -5.15. The number of benzene rings is 3. The predicted octanol–water partition coefficient (Wildman–Crippen LogP) is 6.72. The minimum absolute atomic E-state index is 0.0381. The molecule has 0 unspecified atom stereocenters. The maximum atomic E-state index is 14.3. The molecule has 0 aliphatic carbocycles. The fraction of sp³-hybridized carbons (Fsp3) is 0.103. The molecule has 2 N–H and O–H groups in total. The highest BCUT2D eigenvalue weighted by atomic mass is 19.4. The molecule has 0 saturated carbocycles. The van der Waals surface area contributed by atoms with Gasteiger partial charge in [0.2, 0.25) is 0 Å². The van der Waals surface area contributed by atoms with E-state index in [1.54, 1.807) is 18.3 Å². The number of nitrogens with zero attached hydrogens (tertiary/aromatic N) is 3. The molecule has 1 atom stereocenters. The molecule has 2 aromatic heterocycles. The van der Waals surface area contributed by atoms with Crippen molar-refractivity contribution in [3.63, 3.8) is 0 Å². The summed E-state index contributed by atoms with van der Waals surface area (Å²) in [5, 5.41) is 8.98. The van der Waals surface area contributed by atoms with Crippen LogP contribution in [0.3, 0.4) is 0 Å². The Morgan fingerprint density at radius 1 is 0.953 bits per heavy atom. The molecule has 1 aliphatic rings. The molecular weight excluding hydrogens is 583 g/mol. The van der Waals surface area contributed by atoms with Crippen LogP contribution in [0.25, 0.3) is 16.8 Å². The first-order chi connectivity index (χ1) is 20.4. The van der Waals surface area contributed by atoms with Crippen LogP contribution in [-0.4, -0.2) is 26.4 Å². The van der Waals surface area contributed by atoms with Gasteiger partial charge in [-0.25, -0.2) is 27.1 Å². The van der Waals surface area contributed by atoms with Crippen LogP contribution in [0.15, 0.2) is 73.2 Å². The lowest BCUT2D eigenvalue weighted by Crippen LogP contribution is -2.22. The van der Waals surface area contributed by atoms with Gasteiger partial charge in [-0.1, -0.05) is 6.07 Å². The third kappa shape index (κ3) is 5.15. The van der Waals surface area contributed by atoms with Crippen molar-refractivity contribution in [2.75, 3.05) is 5.32 Å². The molecule has 0 radical (unpaired) electrons. The van der Waals surface area contributed by atoms with Gasteiger partial charge in [0.25, 0.3) is 18.2 Å². The lowest BCUT2D eigenvalue weighted by atomic mass is 9.91. The van der Waals surface area contributed by atoms with Crippen LogP contribution in [-0.2, 0) is 6.18 Å². The number of amides is 2. The summed E-state index contributed by atoms with van der Waals surface area (Å²) in [5.74, 6) is -4.11. The third-order valence-corrected chi connectivity index (χ3v) is 6.93. The average molecular weight is 599 g/mol. The largest absolute Gasteiger partial charge is 0.416 e. The molecular formula is C29H16F7N5O2. The van der Waals surface area contributed by atoms with Crippen LogP contribution >= 0.6 is 0 Å². The van der Waals surface area contributed by atoms with Crippen LogP contribution in [0.1, 0.15) is 55.4 Å². The molecule has 0 spiro atoms. The first-order valence-corrected chi connectivity index (χ1v) is 12.4. The Balaban J connectivity index is 1.52. The van der Waals surface area contributed by atoms with Crippen LogP contribution in [0.2, 0.25) is 0 Å². The number of aromatic nitrogens is 3. The second-order valence-corrected chi connectivity index (χ2v) is 9.63. The molecule has 3 heterocycles. The number of nitrogens with one attached hydrogen (secondary N) is 2. The Morgan fingerprint density at radius 3 is 2.49 bits per heavy atom. The maximum absolute atomic E-state index is 14.3. The number of carbonyl (C=O) groups is 2. The minimum Gasteiger partial charge on any atom is -0.341 e. The number of anilines is 1. The van der Waals surface area contributed by atoms with Gasteiger partial charge in [0.1, 0.15) is 18.0 Å². The molecule has 218 valence electrons. The molecule has 7 nitrogen and oxygen atoms in total. The molecule has 5 aromatic rings. The summed E-state index contributed by atoms with van der Waals surface area (Å²) in [5.41, 5.74) is -1.97. The summed E-state index contributed by atoms with van der Waals surface area (Å²) in [4.78, 5) is 30.5. The first kappa shape index (κ1) is 27.9. The number of hydrogen-bond acceptors (Lipinski definition) is 4. The summed E-state index contributed by atoms with van der Waals surface area (Å²) in [7, 11) is 0.